The molecule has 2 aromatic rings. The minimum atomic E-state index is -1.01. The fraction of sp³-hybridized carbons (Fsp3) is 0.450. The van der Waals surface area contributed by atoms with Crippen molar-refractivity contribution < 1.29 is 33.2 Å². The van der Waals surface area contributed by atoms with Gasteiger partial charge in [-0.2, -0.15) is 0 Å². The lowest BCUT2D eigenvalue weighted by Crippen LogP contribution is -2.22. The predicted molar refractivity (Wildman–Crippen MR) is 110 cm³/mol. The minimum Gasteiger partial charge on any atom is -0.459 e. The molecule has 1 aliphatic rings. The van der Waals surface area contributed by atoms with Crippen LogP contribution in [0.15, 0.2) is 16.5 Å². The van der Waals surface area contributed by atoms with Crippen LogP contribution < -0.4 is 5.32 Å². The summed E-state index contributed by atoms with van der Waals surface area (Å²) in [4.78, 5) is 47.8. The van der Waals surface area contributed by atoms with E-state index in [1.54, 1.807) is 13.8 Å². The number of thiophene rings is 1. The van der Waals surface area contributed by atoms with Gasteiger partial charge in [-0.3, -0.25) is 14.9 Å². The molecule has 1 N–H and O–H groups in total. The second-order valence-corrected chi connectivity index (χ2v) is 8.63. The van der Waals surface area contributed by atoms with Crippen LogP contribution in [0, 0.1) is 16.0 Å². The summed E-state index contributed by atoms with van der Waals surface area (Å²) >= 11 is 1.32. The molecule has 2 heterocycles. The summed E-state index contributed by atoms with van der Waals surface area (Å²) in [6.45, 7) is 4.97. The number of esters is 2. The molecule has 0 aromatic carbocycles. The van der Waals surface area contributed by atoms with Crippen molar-refractivity contribution in [1.29, 1.82) is 0 Å². The van der Waals surface area contributed by atoms with Crippen LogP contribution in [-0.4, -0.2) is 35.5 Å². The topological polar surface area (TPSA) is 138 Å². The van der Waals surface area contributed by atoms with E-state index in [1.807, 2.05) is 0 Å². The molecule has 0 bridgehead atoms. The number of anilines is 1. The highest BCUT2D eigenvalue weighted by molar-refractivity contribution is 7.17. The first kappa shape index (κ1) is 22.5. The Kier molecular flexibility index (Phi) is 6.74. The molecule has 0 saturated heterocycles. The Hall–Kier alpha value is -3.21. The van der Waals surface area contributed by atoms with Gasteiger partial charge in [0.05, 0.1) is 17.7 Å². The smallest absolute Gasteiger partial charge is 0.433 e. The number of hydrogen-bond donors (Lipinski definition) is 1. The zero-order chi connectivity index (χ0) is 22.7. The molecule has 2 aromatic heterocycles. The number of ether oxygens (including phenoxy) is 2. The molecule has 3 rings (SSSR count). The average molecular weight is 450 g/mol. The molecular weight excluding hydrogens is 428 g/mol. The van der Waals surface area contributed by atoms with Crippen LogP contribution in [0.1, 0.15) is 58.5 Å². The summed E-state index contributed by atoms with van der Waals surface area (Å²) in [7, 11) is 0. The Labute approximate surface area is 181 Å². The van der Waals surface area contributed by atoms with Crippen LogP contribution >= 0.6 is 11.3 Å². The molecule has 0 aliphatic heterocycles. The second kappa shape index (κ2) is 9.29. The first-order chi connectivity index (χ1) is 14.7. The number of furan rings is 1. The molecule has 10 nitrogen and oxygen atoms in total. The van der Waals surface area contributed by atoms with Gasteiger partial charge in [-0.1, -0.05) is 6.92 Å². The Morgan fingerprint density at radius 3 is 2.71 bits per heavy atom. The van der Waals surface area contributed by atoms with Gasteiger partial charge in [-0.05, 0) is 50.7 Å². The van der Waals surface area contributed by atoms with E-state index >= 15 is 0 Å². The maximum Gasteiger partial charge on any atom is 0.433 e. The molecule has 0 fully saturated rings. The number of carbonyl (C=O) groups excluding carboxylic acids is 3. The van der Waals surface area contributed by atoms with Crippen LogP contribution in [0.4, 0.5) is 10.9 Å². The van der Waals surface area contributed by atoms with Crippen molar-refractivity contribution in [1.82, 2.24) is 0 Å². The van der Waals surface area contributed by atoms with Crippen LogP contribution in [0.3, 0.4) is 0 Å². The van der Waals surface area contributed by atoms with Crippen molar-refractivity contribution in [3.05, 3.63) is 44.0 Å². The van der Waals surface area contributed by atoms with E-state index in [-0.39, 0.29) is 11.9 Å². The summed E-state index contributed by atoms with van der Waals surface area (Å²) in [6.07, 6.45) is 2.15. The zero-order valence-corrected chi connectivity index (χ0v) is 18.1. The molecule has 11 heteroatoms. The molecular formula is C20H22N2O8S. The van der Waals surface area contributed by atoms with Crippen LogP contribution in [0.2, 0.25) is 0 Å². The highest BCUT2D eigenvalue weighted by atomic mass is 32.1. The Bertz CT molecular complexity index is 1020. The molecule has 0 unspecified atom stereocenters. The molecule has 166 valence electrons. The third-order valence-corrected chi connectivity index (χ3v) is 5.79. The molecule has 1 atom stereocenters. The maximum atomic E-state index is 12.7. The van der Waals surface area contributed by atoms with E-state index in [9.17, 15) is 24.5 Å². The number of nitrogens with one attached hydrogen (secondary N) is 1. The summed E-state index contributed by atoms with van der Waals surface area (Å²) in [6, 6.07) is 2.10. The molecule has 1 aliphatic carbocycles. The first-order valence-electron chi connectivity index (χ1n) is 9.72. The molecule has 0 spiro atoms. The van der Waals surface area contributed by atoms with Gasteiger partial charge in [0.1, 0.15) is 9.92 Å². The van der Waals surface area contributed by atoms with Gasteiger partial charge in [0, 0.05) is 4.88 Å². The van der Waals surface area contributed by atoms with Crippen molar-refractivity contribution >= 4 is 40.1 Å². The number of hydrogen-bond acceptors (Lipinski definition) is 9. The van der Waals surface area contributed by atoms with Gasteiger partial charge in [0.25, 0.3) is 5.91 Å². The van der Waals surface area contributed by atoms with Crippen molar-refractivity contribution in [3.8, 4) is 0 Å². The van der Waals surface area contributed by atoms with E-state index in [0.717, 1.165) is 41.8 Å². The first-order valence-corrected chi connectivity index (χ1v) is 10.5. The number of rotatable bonds is 7. The third kappa shape index (κ3) is 5.29. The zero-order valence-electron chi connectivity index (χ0n) is 17.3. The number of nitro groups is 1. The quantitative estimate of drug-likeness (QED) is 0.382. The van der Waals surface area contributed by atoms with Gasteiger partial charge in [-0.15, -0.1) is 11.3 Å². The van der Waals surface area contributed by atoms with Crippen molar-refractivity contribution in [2.24, 2.45) is 5.92 Å². The SMILES string of the molecule is CC(C)OC(=O)c1c(NC(=O)COC(=O)c2ccc([N+](=O)[O-])o2)sc2c1CC[C@H](C)C2. The third-order valence-electron chi connectivity index (χ3n) is 4.62. The van der Waals surface area contributed by atoms with E-state index in [4.69, 9.17) is 13.9 Å². The van der Waals surface area contributed by atoms with E-state index in [0.29, 0.717) is 16.5 Å². The summed E-state index contributed by atoms with van der Waals surface area (Å²) in [5.74, 6) is -2.69. The molecule has 0 saturated carbocycles. The van der Waals surface area contributed by atoms with Crippen molar-refractivity contribution in [2.75, 3.05) is 11.9 Å². The minimum absolute atomic E-state index is 0.313. The standard InChI is InChI=1S/C20H22N2O8S/c1-10(2)29-20(25)17-12-5-4-11(3)8-14(12)31-18(17)21-15(23)9-28-19(24)13-6-7-16(30-13)22(26)27/h6-7,10-11H,4-5,8-9H2,1-3H3,(H,21,23)/t11-/m0/s1. The van der Waals surface area contributed by atoms with Crippen LogP contribution in [0.5, 0.6) is 0 Å². The number of carbonyl (C=O) groups is 3. The lowest BCUT2D eigenvalue weighted by Gasteiger charge is -2.18. The van der Waals surface area contributed by atoms with E-state index in [2.05, 4.69) is 12.2 Å². The maximum absolute atomic E-state index is 12.7. The van der Waals surface area contributed by atoms with Crippen LogP contribution in [0.25, 0.3) is 0 Å². The fourth-order valence-corrected chi connectivity index (χ4v) is 4.64. The fourth-order valence-electron chi connectivity index (χ4n) is 3.23. The predicted octanol–water partition coefficient (Wildman–Crippen LogP) is 3.73. The molecule has 31 heavy (non-hydrogen) atoms. The lowest BCUT2D eigenvalue weighted by atomic mass is 9.88. The largest absolute Gasteiger partial charge is 0.459 e. The highest BCUT2D eigenvalue weighted by Crippen LogP contribution is 2.40. The van der Waals surface area contributed by atoms with Crippen LogP contribution in [-0.2, 0) is 27.1 Å². The summed E-state index contributed by atoms with van der Waals surface area (Å²) < 4.78 is 15.0. The van der Waals surface area contributed by atoms with E-state index < -0.39 is 35.3 Å². The van der Waals surface area contributed by atoms with Gasteiger partial charge in [0.15, 0.2) is 6.61 Å². The average Bonchev–Trinajstić information content (AvgIpc) is 3.30. The Morgan fingerprint density at radius 2 is 2.06 bits per heavy atom. The molecule has 0 radical (unpaired) electrons. The highest BCUT2D eigenvalue weighted by Gasteiger charge is 2.30. The lowest BCUT2D eigenvalue weighted by molar-refractivity contribution is -0.402. The van der Waals surface area contributed by atoms with Gasteiger partial charge in [0.2, 0.25) is 5.76 Å². The van der Waals surface area contributed by atoms with Gasteiger partial charge in [-0.25, -0.2) is 9.59 Å². The summed E-state index contributed by atoms with van der Waals surface area (Å²) in [5.41, 5.74) is 1.24. The summed E-state index contributed by atoms with van der Waals surface area (Å²) in [5, 5.41) is 13.6. The Balaban J connectivity index is 1.70. The monoisotopic (exact) mass is 450 g/mol. The normalized spacial score (nSPS) is 15.3. The number of fused-ring (bicyclic) bond motifs is 1. The molecule has 1 amide bonds. The second-order valence-electron chi connectivity index (χ2n) is 7.53. The number of nitrogens with zero attached hydrogens (tertiary/aromatic N) is 1. The van der Waals surface area contributed by atoms with Crippen molar-refractivity contribution in [3.63, 3.8) is 0 Å². The van der Waals surface area contributed by atoms with Gasteiger partial charge < -0.3 is 19.2 Å². The van der Waals surface area contributed by atoms with E-state index in [1.165, 1.54) is 11.3 Å². The van der Waals surface area contributed by atoms with Gasteiger partial charge >= 0.3 is 17.8 Å². The number of amides is 1. The Morgan fingerprint density at radius 1 is 1.32 bits per heavy atom. The van der Waals surface area contributed by atoms with Crippen molar-refractivity contribution in [2.45, 2.75) is 46.1 Å².